The number of ether oxygens (including phenoxy) is 1. The van der Waals surface area contributed by atoms with Crippen LogP contribution in [-0.2, 0) is 4.79 Å². The molecule has 1 heterocycles. The lowest BCUT2D eigenvalue weighted by Crippen LogP contribution is -2.46. The van der Waals surface area contributed by atoms with Crippen LogP contribution < -0.4 is 14.5 Å². The number of hydrogen-bond donors (Lipinski definition) is 0. The Labute approximate surface area is 199 Å². The van der Waals surface area contributed by atoms with Crippen molar-refractivity contribution in [2.75, 3.05) is 23.5 Å². The highest BCUT2D eigenvalue weighted by molar-refractivity contribution is 6.30. The molecule has 0 saturated carbocycles. The van der Waals surface area contributed by atoms with E-state index in [2.05, 4.69) is 0 Å². The summed E-state index contributed by atoms with van der Waals surface area (Å²) in [6.07, 6.45) is 0.537. The van der Waals surface area contributed by atoms with Gasteiger partial charge < -0.3 is 14.5 Å². The summed E-state index contributed by atoms with van der Waals surface area (Å²) in [6.45, 7) is 4.50. The van der Waals surface area contributed by atoms with Crippen LogP contribution in [0, 0.1) is 0 Å². The number of amides is 2. The lowest BCUT2D eigenvalue weighted by Gasteiger charge is -2.40. The minimum absolute atomic E-state index is 0.0209. The summed E-state index contributed by atoms with van der Waals surface area (Å²) in [5.74, 6) is 0.201. The van der Waals surface area contributed by atoms with Gasteiger partial charge >= 0.3 is 0 Å². The molecule has 0 radical (unpaired) electrons. The van der Waals surface area contributed by atoms with Crippen molar-refractivity contribution in [1.29, 1.82) is 0 Å². The Kier molecular flexibility index (Phi) is 6.70. The van der Waals surface area contributed by atoms with Crippen LogP contribution in [0.4, 0.5) is 11.4 Å². The molecule has 1 aliphatic heterocycles. The minimum atomic E-state index is -0.346. The summed E-state index contributed by atoms with van der Waals surface area (Å²) in [5.41, 5.74) is 3.00. The first-order valence-corrected chi connectivity index (χ1v) is 11.5. The molecular weight excluding hydrogens is 436 g/mol. The van der Waals surface area contributed by atoms with Gasteiger partial charge in [0.1, 0.15) is 5.75 Å². The number of benzene rings is 3. The summed E-state index contributed by atoms with van der Waals surface area (Å²) >= 11 is 6.04. The lowest BCUT2D eigenvalue weighted by molar-refractivity contribution is -0.120. The van der Waals surface area contributed by atoms with E-state index in [1.54, 1.807) is 41.2 Å². The fourth-order valence-electron chi connectivity index (χ4n) is 4.53. The number of methoxy groups -OCH3 is 1. The van der Waals surface area contributed by atoms with Gasteiger partial charge in [-0.1, -0.05) is 35.9 Å². The molecule has 6 heteroatoms. The molecule has 0 aromatic heterocycles. The summed E-state index contributed by atoms with van der Waals surface area (Å²) < 4.78 is 5.30. The maximum atomic E-state index is 13.7. The van der Waals surface area contributed by atoms with Gasteiger partial charge in [0.15, 0.2) is 0 Å². The number of hydrogen-bond acceptors (Lipinski definition) is 3. The van der Waals surface area contributed by atoms with Gasteiger partial charge in [0, 0.05) is 34.5 Å². The summed E-state index contributed by atoms with van der Waals surface area (Å²) in [7, 11) is 1.58. The SMILES string of the molecule is CCN(C(=O)[C@@H]1C[C@@H](C)N(C(=O)c2cccc(OC)c2)c2ccccc21)c1ccc(Cl)cc1. The monoisotopic (exact) mass is 462 g/mol. The predicted octanol–water partition coefficient (Wildman–Crippen LogP) is 5.92. The number of fused-ring (bicyclic) bond motifs is 1. The zero-order chi connectivity index (χ0) is 23.5. The number of carbonyl (C=O) groups excluding carboxylic acids is 2. The Morgan fingerprint density at radius 2 is 1.79 bits per heavy atom. The molecule has 0 aliphatic carbocycles. The second-order valence-corrected chi connectivity index (χ2v) is 8.60. The number of nitrogens with zero attached hydrogens (tertiary/aromatic N) is 2. The Morgan fingerprint density at radius 1 is 1.06 bits per heavy atom. The second-order valence-electron chi connectivity index (χ2n) is 8.16. The van der Waals surface area contributed by atoms with E-state index in [-0.39, 0.29) is 23.8 Å². The summed E-state index contributed by atoms with van der Waals surface area (Å²) in [5, 5.41) is 0.630. The van der Waals surface area contributed by atoms with E-state index in [1.807, 2.05) is 62.4 Å². The molecule has 0 bridgehead atoms. The molecule has 5 nitrogen and oxygen atoms in total. The first-order chi connectivity index (χ1) is 15.9. The predicted molar refractivity (Wildman–Crippen MR) is 133 cm³/mol. The van der Waals surface area contributed by atoms with Crippen molar-refractivity contribution in [3.8, 4) is 5.75 Å². The van der Waals surface area contributed by atoms with E-state index < -0.39 is 0 Å². The molecule has 1 aliphatic rings. The maximum Gasteiger partial charge on any atom is 0.258 e. The van der Waals surface area contributed by atoms with E-state index in [0.717, 1.165) is 16.9 Å². The Balaban J connectivity index is 1.70. The number of rotatable bonds is 5. The highest BCUT2D eigenvalue weighted by atomic mass is 35.5. The average molecular weight is 463 g/mol. The maximum absolute atomic E-state index is 13.7. The molecule has 3 aromatic carbocycles. The van der Waals surface area contributed by atoms with Gasteiger partial charge in [-0.05, 0) is 74.4 Å². The Bertz CT molecular complexity index is 1160. The summed E-state index contributed by atoms with van der Waals surface area (Å²) in [6, 6.07) is 22.0. The molecule has 0 spiro atoms. The largest absolute Gasteiger partial charge is 0.497 e. The van der Waals surface area contributed by atoms with E-state index in [1.165, 1.54) is 0 Å². The highest BCUT2D eigenvalue weighted by Gasteiger charge is 2.38. The third-order valence-electron chi connectivity index (χ3n) is 6.14. The first kappa shape index (κ1) is 22.9. The smallest absolute Gasteiger partial charge is 0.258 e. The second kappa shape index (κ2) is 9.67. The number of para-hydroxylation sites is 1. The molecule has 4 rings (SSSR count). The van der Waals surface area contributed by atoms with Gasteiger partial charge in [0.25, 0.3) is 5.91 Å². The molecule has 33 heavy (non-hydrogen) atoms. The highest BCUT2D eigenvalue weighted by Crippen LogP contribution is 2.41. The first-order valence-electron chi connectivity index (χ1n) is 11.1. The number of anilines is 2. The fourth-order valence-corrected chi connectivity index (χ4v) is 4.65. The Morgan fingerprint density at radius 3 is 2.48 bits per heavy atom. The molecule has 0 fully saturated rings. The van der Waals surface area contributed by atoms with Crippen LogP contribution in [0.5, 0.6) is 5.75 Å². The van der Waals surface area contributed by atoms with Crippen molar-refractivity contribution in [2.24, 2.45) is 0 Å². The van der Waals surface area contributed by atoms with Gasteiger partial charge in [-0.25, -0.2) is 0 Å². The van der Waals surface area contributed by atoms with Crippen molar-refractivity contribution in [2.45, 2.75) is 32.2 Å². The van der Waals surface area contributed by atoms with Crippen molar-refractivity contribution in [3.63, 3.8) is 0 Å². The van der Waals surface area contributed by atoms with Gasteiger partial charge in [-0.2, -0.15) is 0 Å². The van der Waals surface area contributed by atoms with E-state index in [0.29, 0.717) is 29.3 Å². The third kappa shape index (κ3) is 4.46. The third-order valence-corrected chi connectivity index (χ3v) is 6.40. The van der Waals surface area contributed by atoms with Gasteiger partial charge in [0.2, 0.25) is 5.91 Å². The topological polar surface area (TPSA) is 49.9 Å². The molecule has 3 aromatic rings. The number of carbonyl (C=O) groups is 2. The average Bonchev–Trinajstić information content (AvgIpc) is 2.84. The van der Waals surface area contributed by atoms with Gasteiger partial charge in [0.05, 0.1) is 13.0 Å². The quantitative estimate of drug-likeness (QED) is 0.472. The molecule has 170 valence electrons. The zero-order valence-electron chi connectivity index (χ0n) is 19.0. The van der Waals surface area contributed by atoms with Crippen molar-refractivity contribution in [3.05, 3.63) is 88.9 Å². The minimum Gasteiger partial charge on any atom is -0.497 e. The van der Waals surface area contributed by atoms with Gasteiger partial charge in [-0.15, -0.1) is 0 Å². The standard InChI is InChI=1S/C27H27ClN2O3/c1-4-29(21-14-12-20(28)13-15-21)27(32)24-16-18(2)30(25-11-6-5-10-23(24)25)26(31)19-8-7-9-22(17-19)33-3/h5-15,17-18,24H,4,16H2,1-3H3/t18-,24-/m1/s1. The van der Waals surface area contributed by atoms with Crippen LogP contribution in [0.2, 0.25) is 5.02 Å². The van der Waals surface area contributed by atoms with Crippen LogP contribution in [0.25, 0.3) is 0 Å². The van der Waals surface area contributed by atoms with Crippen LogP contribution in [0.15, 0.2) is 72.8 Å². The molecule has 0 unspecified atom stereocenters. The lowest BCUT2D eigenvalue weighted by atomic mass is 9.84. The van der Waals surface area contributed by atoms with E-state index >= 15 is 0 Å². The molecule has 0 saturated heterocycles. The van der Waals surface area contributed by atoms with Crippen LogP contribution in [0.3, 0.4) is 0 Å². The molecule has 2 amide bonds. The molecule has 0 N–H and O–H groups in total. The van der Waals surface area contributed by atoms with Crippen LogP contribution >= 0.6 is 11.6 Å². The van der Waals surface area contributed by atoms with Crippen LogP contribution in [0.1, 0.15) is 42.1 Å². The zero-order valence-corrected chi connectivity index (χ0v) is 19.8. The van der Waals surface area contributed by atoms with Crippen LogP contribution in [-0.4, -0.2) is 31.5 Å². The van der Waals surface area contributed by atoms with Crippen molar-refractivity contribution >= 4 is 34.8 Å². The van der Waals surface area contributed by atoms with Crippen molar-refractivity contribution in [1.82, 2.24) is 0 Å². The van der Waals surface area contributed by atoms with Crippen molar-refractivity contribution < 1.29 is 14.3 Å². The fraction of sp³-hybridized carbons (Fsp3) is 0.259. The van der Waals surface area contributed by atoms with E-state index in [9.17, 15) is 9.59 Å². The molecule has 2 atom stereocenters. The number of halogens is 1. The van der Waals surface area contributed by atoms with Gasteiger partial charge in [-0.3, -0.25) is 9.59 Å². The number of likely N-dealkylation sites (N-methyl/N-ethyl adjacent to an activating group) is 1. The molecular formula is C27H27ClN2O3. The Hall–Kier alpha value is -3.31. The summed E-state index contributed by atoms with van der Waals surface area (Å²) in [4.78, 5) is 30.8. The van der Waals surface area contributed by atoms with E-state index in [4.69, 9.17) is 16.3 Å². The normalized spacial score (nSPS) is 17.3.